The van der Waals surface area contributed by atoms with Crippen LogP contribution in [-0.2, 0) is 16.1 Å². The predicted molar refractivity (Wildman–Crippen MR) is 78.4 cm³/mol. The van der Waals surface area contributed by atoms with E-state index in [0.29, 0.717) is 18.7 Å². The van der Waals surface area contributed by atoms with Gasteiger partial charge in [-0.2, -0.15) is 0 Å². The van der Waals surface area contributed by atoms with E-state index in [2.05, 4.69) is 11.2 Å². The Morgan fingerprint density at radius 2 is 2.30 bits per heavy atom. The molecule has 0 saturated heterocycles. The first-order valence-electron chi connectivity index (χ1n) is 6.74. The first-order valence-corrected chi connectivity index (χ1v) is 7.47. The van der Waals surface area contributed by atoms with Crippen molar-refractivity contribution in [3.05, 3.63) is 35.9 Å². The smallest absolute Gasteiger partial charge is 0.337 e. The summed E-state index contributed by atoms with van der Waals surface area (Å²) >= 11 is 1.58. The van der Waals surface area contributed by atoms with Crippen molar-refractivity contribution >= 4 is 18.1 Å². The minimum absolute atomic E-state index is 0.0758. The lowest BCUT2D eigenvalue weighted by Crippen LogP contribution is -2.38. The van der Waals surface area contributed by atoms with Crippen LogP contribution in [0.3, 0.4) is 0 Å². The Labute approximate surface area is 123 Å². The van der Waals surface area contributed by atoms with Gasteiger partial charge in [0, 0.05) is 18.3 Å². The van der Waals surface area contributed by atoms with E-state index >= 15 is 0 Å². The number of hydrogen-bond acceptors (Lipinski definition) is 6. The van der Waals surface area contributed by atoms with E-state index in [-0.39, 0.29) is 12.0 Å². The maximum atomic E-state index is 12.1. The van der Waals surface area contributed by atoms with Gasteiger partial charge in [0.1, 0.15) is 5.76 Å². The van der Waals surface area contributed by atoms with E-state index in [0.717, 1.165) is 12.2 Å². The molecule has 0 bridgehead atoms. The second-order valence-corrected chi connectivity index (χ2v) is 5.72. The van der Waals surface area contributed by atoms with Crippen molar-refractivity contribution in [1.29, 1.82) is 0 Å². The van der Waals surface area contributed by atoms with Gasteiger partial charge < -0.3 is 13.5 Å². The average molecular weight is 296 g/mol. The predicted octanol–water partition coefficient (Wildman–Crippen LogP) is 2.82. The summed E-state index contributed by atoms with van der Waals surface area (Å²) in [5.74, 6) is 0.622. The maximum absolute atomic E-state index is 12.1. The van der Waals surface area contributed by atoms with E-state index in [1.54, 1.807) is 18.4 Å². The zero-order valence-electron chi connectivity index (χ0n) is 12.0. The highest BCUT2D eigenvalue weighted by Crippen LogP contribution is 2.32. The van der Waals surface area contributed by atoms with E-state index in [1.165, 1.54) is 0 Å². The fraction of sp³-hybridized carbons (Fsp3) is 0.500. The van der Waals surface area contributed by atoms with Gasteiger partial charge in [0.25, 0.3) is 0 Å². The van der Waals surface area contributed by atoms with Crippen LogP contribution in [0.15, 0.2) is 34.6 Å². The summed E-state index contributed by atoms with van der Waals surface area (Å²) in [7, 11) is 1.99. The van der Waals surface area contributed by atoms with Gasteiger partial charge in [-0.3, -0.25) is 0 Å². The molecule has 110 valence electrons. The third kappa shape index (κ3) is 3.37. The molecule has 2 heterocycles. The molecule has 6 heteroatoms. The number of esters is 1. The van der Waals surface area contributed by atoms with Crippen LogP contribution in [0.25, 0.3) is 0 Å². The van der Waals surface area contributed by atoms with Gasteiger partial charge in [0.15, 0.2) is 0 Å². The zero-order valence-corrected chi connectivity index (χ0v) is 12.9. The van der Waals surface area contributed by atoms with E-state index in [1.807, 2.05) is 36.6 Å². The summed E-state index contributed by atoms with van der Waals surface area (Å²) in [6.07, 6.45) is 4.39. The summed E-state index contributed by atoms with van der Waals surface area (Å²) < 4.78 is 14.6. The van der Waals surface area contributed by atoms with Crippen molar-refractivity contribution in [2.24, 2.45) is 0 Å². The van der Waals surface area contributed by atoms with Crippen LogP contribution in [0, 0.1) is 0 Å². The van der Waals surface area contributed by atoms with Gasteiger partial charge in [-0.25, -0.2) is 9.10 Å². The van der Waals surface area contributed by atoms with Crippen LogP contribution in [0.1, 0.15) is 26.0 Å². The first-order chi connectivity index (χ1) is 9.65. The molecule has 1 aliphatic heterocycles. The van der Waals surface area contributed by atoms with Gasteiger partial charge in [0.05, 0.1) is 31.0 Å². The molecule has 0 aliphatic carbocycles. The Bertz CT molecular complexity index is 473. The fourth-order valence-corrected chi connectivity index (χ4v) is 3.25. The molecule has 5 nitrogen and oxygen atoms in total. The Balaban J connectivity index is 2.17. The zero-order chi connectivity index (χ0) is 14.5. The molecule has 0 fully saturated rings. The number of carbonyl (C=O) groups is 1. The van der Waals surface area contributed by atoms with E-state index in [4.69, 9.17) is 9.15 Å². The van der Waals surface area contributed by atoms with Gasteiger partial charge in [-0.1, -0.05) is 6.92 Å². The van der Waals surface area contributed by atoms with Crippen molar-refractivity contribution in [3.63, 3.8) is 0 Å². The molecule has 2 rings (SSSR count). The Morgan fingerprint density at radius 3 is 2.90 bits per heavy atom. The minimum Gasteiger partial charge on any atom is -0.467 e. The molecule has 0 spiro atoms. The molecule has 0 amide bonds. The van der Waals surface area contributed by atoms with Crippen molar-refractivity contribution in [3.8, 4) is 0 Å². The molecule has 0 N–H and O–H groups in total. The van der Waals surface area contributed by atoms with Crippen LogP contribution in [0.2, 0.25) is 0 Å². The molecule has 1 aromatic heterocycles. The van der Waals surface area contributed by atoms with Crippen molar-refractivity contribution in [1.82, 2.24) is 8.61 Å². The van der Waals surface area contributed by atoms with Crippen LogP contribution in [0.4, 0.5) is 0 Å². The Kier molecular flexibility index (Phi) is 5.14. The number of likely N-dealkylation sites (N-methyl/N-ethyl adjacent to an activating group) is 1. The third-order valence-electron chi connectivity index (χ3n) is 3.10. The number of carbonyl (C=O) groups excluding carboxylic acids is 1. The second kappa shape index (κ2) is 6.85. The molecule has 1 unspecified atom stereocenters. The van der Waals surface area contributed by atoms with Crippen LogP contribution >= 0.6 is 12.1 Å². The number of furan rings is 1. The SMILES string of the molecule is CCOC(=O)C1=CN(Cc2ccco2)SN(C)C1CC. The third-order valence-corrected chi connectivity index (χ3v) is 4.06. The molecule has 20 heavy (non-hydrogen) atoms. The topological polar surface area (TPSA) is 45.9 Å². The summed E-state index contributed by atoms with van der Waals surface area (Å²) in [5, 5.41) is 0. The van der Waals surface area contributed by atoms with Gasteiger partial charge in [0.2, 0.25) is 0 Å². The van der Waals surface area contributed by atoms with E-state index < -0.39 is 0 Å². The van der Waals surface area contributed by atoms with Crippen molar-refractivity contribution in [2.45, 2.75) is 32.9 Å². The number of ether oxygens (including phenoxy) is 1. The molecule has 1 aliphatic rings. The normalized spacial score (nSPS) is 19.9. The molecule has 0 radical (unpaired) electrons. The Morgan fingerprint density at radius 1 is 1.50 bits per heavy atom. The summed E-state index contributed by atoms with van der Waals surface area (Å²) in [6.45, 7) is 4.89. The summed E-state index contributed by atoms with van der Waals surface area (Å²) in [5.41, 5.74) is 0.696. The molecule has 1 atom stereocenters. The number of hydrogen-bond donors (Lipinski definition) is 0. The monoisotopic (exact) mass is 296 g/mol. The number of nitrogens with zero attached hydrogens (tertiary/aromatic N) is 2. The lowest BCUT2D eigenvalue weighted by Gasteiger charge is -2.36. The summed E-state index contributed by atoms with van der Waals surface area (Å²) in [4.78, 5) is 12.1. The van der Waals surface area contributed by atoms with E-state index in [9.17, 15) is 4.79 Å². The fourth-order valence-electron chi connectivity index (χ4n) is 2.19. The van der Waals surface area contributed by atoms with Crippen LogP contribution < -0.4 is 0 Å². The maximum Gasteiger partial charge on any atom is 0.337 e. The first kappa shape index (κ1) is 15.0. The minimum atomic E-state index is -0.240. The highest BCUT2D eigenvalue weighted by molar-refractivity contribution is 7.94. The largest absolute Gasteiger partial charge is 0.467 e. The summed E-state index contributed by atoms with van der Waals surface area (Å²) in [6, 6.07) is 3.86. The average Bonchev–Trinajstić information content (AvgIpc) is 2.91. The van der Waals surface area contributed by atoms with Crippen LogP contribution in [-0.4, -0.2) is 34.3 Å². The quantitative estimate of drug-likeness (QED) is 0.615. The highest BCUT2D eigenvalue weighted by atomic mass is 32.2. The molecule has 1 aromatic rings. The van der Waals surface area contributed by atoms with Gasteiger partial charge >= 0.3 is 5.97 Å². The standard InChI is InChI=1S/C14H20N2O3S/c1-4-13-12(14(17)18-5-2)10-16(20-15(13)3)9-11-7-6-8-19-11/h6-8,10,13H,4-5,9H2,1-3H3. The number of rotatable bonds is 5. The molecular weight excluding hydrogens is 276 g/mol. The lowest BCUT2D eigenvalue weighted by molar-refractivity contribution is -0.139. The van der Waals surface area contributed by atoms with Gasteiger partial charge in [-0.15, -0.1) is 0 Å². The Hall–Kier alpha value is -1.40. The van der Waals surface area contributed by atoms with Crippen LogP contribution in [0.5, 0.6) is 0 Å². The molecular formula is C14H20N2O3S. The lowest BCUT2D eigenvalue weighted by atomic mass is 10.1. The van der Waals surface area contributed by atoms with Crippen molar-refractivity contribution in [2.75, 3.05) is 13.7 Å². The molecule has 0 saturated carbocycles. The van der Waals surface area contributed by atoms with Crippen molar-refractivity contribution < 1.29 is 13.9 Å². The van der Waals surface area contributed by atoms with Gasteiger partial charge in [-0.05, 0) is 32.5 Å². The second-order valence-electron chi connectivity index (χ2n) is 4.51. The highest BCUT2D eigenvalue weighted by Gasteiger charge is 2.31. The molecule has 0 aromatic carbocycles.